The maximum atomic E-state index is 5.13. The van der Waals surface area contributed by atoms with Crippen LogP contribution < -0.4 is 10.6 Å². The lowest BCUT2D eigenvalue weighted by molar-refractivity contribution is 0.828. The van der Waals surface area contributed by atoms with E-state index in [4.69, 9.17) is 12.2 Å². The molecule has 0 spiro atoms. The van der Waals surface area contributed by atoms with Crippen LogP contribution in [0.3, 0.4) is 0 Å². The van der Waals surface area contributed by atoms with Crippen molar-refractivity contribution in [3.05, 3.63) is 30.1 Å². The lowest BCUT2D eigenvalue weighted by Gasteiger charge is -2.08. The van der Waals surface area contributed by atoms with Gasteiger partial charge in [0.05, 0.1) is 0 Å². The summed E-state index contributed by atoms with van der Waals surface area (Å²) >= 11 is 5.13. The van der Waals surface area contributed by atoms with Crippen molar-refractivity contribution in [2.75, 3.05) is 0 Å². The molecule has 0 bridgehead atoms. The molecule has 1 aliphatic carbocycles. The highest BCUT2D eigenvalue weighted by molar-refractivity contribution is 7.80. The Bertz CT molecular complexity index is 308. The maximum absolute atomic E-state index is 5.13. The molecule has 1 saturated carbocycles. The number of hydrogen-bond donors (Lipinski definition) is 2. The molecule has 0 amide bonds. The Hall–Kier alpha value is -1.16. The Morgan fingerprint density at radius 2 is 2.14 bits per heavy atom. The molecule has 1 aromatic heterocycles. The number of pyridine rings is 1. The van der Waals surface area contributed by atoms with Crippen LogP contribution in [-0.2, 0) is 6.54 Å². The van der Waals surface area contributed by atoms with E-state index in [9.17, 15) is 0 Å². The summed E-state index contributed by atoms with van der Waals surface area (Å²) in [6.07, 6.45) is 6.07. The fraction of sp³-hybridized carbons (Fsp3) is 0.400. The van der Waals surface area contributed by atoms with Crippen LogP contribution >= 0.6 is 12.2 Å². The second-order valence-corrected chi connectivity index (χ2v) is 3.86. The van der Waals surface area contributed by atoms with E-state index in [1.54, 1.807) is 12.4 Å². The molecule has 0 aromatic carbocycles. The highest BCUT2D eigenvalue weighted by Crippen LogP contribution is 2.18. The molecule has 2 N–H and O–H groups in total. The Balaban J connectivity index is 1.73. The van der Waals surface area contributed by atoms with Crippen LogP contribution in [0.2, 0.25) is 0 Å². The summed E-state index contributed by atoms with van der Waals surface area (Å²) in [5.74, 6) is 0. The molecular formula is C10H13N3S. The lowest BCUT2D eigenvalue weighted by atomic mass is 10.3. The van der Waals surface area contributed by atoms with E-state index in [0.717, 1.165) is 11.7 Å². The van der Waals surface area contributed by atoms with Gasteiger partial charge in [-0.1, -0.05) is 0 Å². The van der Waals surface area contributed by atoms with Crippen molar-refractivity contribution in [1.29, 1.82) is 0 Å². The zero-order valence-electron chi connectivity index (χ0n) is 7.86. The van der Waals surface area contributed by atoms with E-state index in [0.29, 0.717) is 6.04 Å². The van der Waals surface area contributed by atoms with Gasteiger partial charge < -0.3 is 10.6 Å². The Morgan fingerprint density at radius 3 is 2.79 bits per heavy atom. The average molecular weight is 207 g/mol. The standard InChI is InChI=1S/C10H13N3S/c14-10(13-9-1-2-9)12-7-8-3-5-11-6-4-8/h3-6,9H,1-2,7H2,(H2,12,13,14). The second-order valence-electron chi connectivity index (χ2n) is 3.46. The van der Waals surface area contributed by atoms with E-state index >= 15 is 0 Å². The number of nitrogens with one attached hydrogen (secondary N) is 2. The van der Waals surface area contributed by atoms with Gasteiger partial charge >= 0.3 is 0 Å². The molecule has 3 nitrogen and oxygen atoms in total. The third-order valence-corrected chi connectivity index (χ3v) is 2.38. The Morgan fingerprint density at radius 1 is 1.43 bits per heavy atom. The molecule has 74 valence electrons. The van der Waals surface area contributed by atoms with E-state index < -0.39 is 0 Å². The normalized spacial score (nSPS) is 14.9. The fourth-order valence-electron chi connectivity index (χ4n) is 1.15. The topological polar surface area (TPSA) is 37.0 Å². The first-order valence-electron chi connectivity index (χ1n) is 4.78. The molecule has 2 rings (SSSR count). The molecule has 1 fully saturated rings. The van der Waals surface area contributed by atoms with Crippen LogP contribution in [-0.4, -0.2) is 16.1 Å². The van der Waals surface area contributed by atoms with Crippen molar-refractivity contribution in [1.82, 2.24) is 15.6 Å². The summed E-state index contributed by atoms with van der Waals surface area (Å²) < 4.78 is 0. The van der Waals surface area contributed by atoms with E-state index in [-0.39, 0.29) is 0 Å². The van der Waals surface area contributed by atoms with E-state index in [2.05, 4.69) is 15.6 Å². The second kappa shape index (κ2) is 4.37. The first-order valence-corrected chi connectivity index (χ1v) is 5.19. The monoisotopic (exact) mass is 207 g/mol. The molecule has 0 atom stereocenters. The van der Waals surface area contributed by atoms with E-state index in [1.807, 2.05) is 12.1 Å². The van der Waals surface area contributed by atoms with Crippen LogP contribution in [0, 0.1) is 0 Å². The quantitative estimate of drug-likeness (QED) is 0.731. The SMILES string of the molecule is S=C(NCc1ccncc1)NC1CC1. The van der Waals surface area contributed by atoms with Crippen molar-refractivity contribution in [3.8, 4) is 0 Å². The molecule has 0 saturated heterocycles. The van der Waals surface area contributed by atoms with Crippen molar-refractivity contribution in [3.63, 3.8) is 0 Å². The largest absolute Gasteiger partial charge is 0.360 e. The van der Waals surface area contributed by atoms with Gasteiger partial charge in [-0.2, -0.15) is 0 Å². The fourth-order valence-corrected chi connectivity index (χ4v) is 1.39. The molecule has 1 aliphatic rings. The van der Waals surface area contributed by atoms with Gasteiger partial charge in [-0.25, -0.2) is 0 Å². The van der Waals surface area contributed by atoms with Crippen LogP contribution in [0.5, 0.6) is 0 Å². The third kappa shape index (κ3) is 2.96. The number of hydrogen-bond acceptors (Lipinski definition) is 2. The zero-order valence-corrected chi connectivity index (χ0v) is 8.68. The minimum Gasteiger partial charge on any atom is -0.360 e. The summed E-state index contributed by atoms with van der Waals surface area (Å²) in [6.45, 7) is 0.765. The Labute approximate surface area is 88.9 Å². The molecule has 14 heavy (non-hydrogen) atoms. The number of nitrogens with zero attached hydrogens (tertiary/aromatic N) is 1. The molecule has 1 heterocycles. The minimum atomic E-state index is 0.618. The van der Waals surface area contributed by atoms with Crippen molar-refractivity contribution >= 4 is 17.3 Å². The first-order chi connectivity index (χ1) is 6.84. The van der Waals surface area contributed by atoms with Crippen LogP contribution in [0.4, 0.5) is 0 Å². The molecule has 4 heteroatoms. The number of rotatable bonds is 3. The number of thiocarbonyl (C=S) groups is 1. The Kier molecular flexibility index (Phi) is 2.93. The van der Waals surface area contributed by atoms with Gasteiger partial charge in [-0.3, -0.25) is 4.98 Å². The van der Waals surface area contributed by atoms with Gasteiger partial charge in [0.1, 0.15) is 0 Å². The van der Waals surface area contributed by atoms with Gasteiger partial charge in [0, 0.05) is 25.0 Å². The van der Waals surface area contributed by atoms with Gasteiger partial charge in [0.15, 0.2) is 5.11 Å². The predicted octanol–water partition coefficient (Wildman–Crippen LogP) is 1.21. The molecular weight excluding hydrogens is 194 g/mol. The van der Waals surface area contributed by atoms with Gasteiger partial charge in [0.2, 0.25) is 0 Å². The van der Waals surface area contributed by atoms with Crippen LogP contribution in [0.15, 0.2) is 24.5 Å². The highest BCUT2D eigenvalue weighted by Gasteiger charge is 2.21. The smallest absolute Gasteiger partial charge is 0.166 e. The lowest BCUT2D eigenvalue weighted by Crippen LogP contribution is -2.36. The van der Waals surface area contributed by atoms with Crippen LogP contribution in [0.25, 0.3) is 0 Å². The maximum Gasteiger partial charge on any atom is 0.166 e. The summed E-state index contributed by atoms with van der Waals surface area (Å²) in [4.78, 5) is 3.95. The molecule has 1 aromatic rings. The van der Waals surface area contributed by atoms with Gasteiger partial charge in [0.25, 0.3) is 0 Å². The molecule has 0 unspecified atom stereocenters. The summed E-state index contributed by atoms with van der Waals surface area (Å²) in [7, 11) is 0. The van der Waals surface area contributed by atoms with E-state index in [1.165, 1.54) is 18.4 Å². The van der Waals surface area contributed by atoms with Crippen molar-refractivity contribution < 1.29 is 0 Å². The minimum absolute atomic E-state index is 0.618. The average Bonchev–Trinajstić information content (AvgIpc) is 3.00. The molecule has 0 radical (unpaired) electrons. The van der Waals surface area contributed by atoms with Crippen molar-refractivity contribution in [2.24, 2.45) is 0 Å². The number of aromatic nitrogens is 1. The third-order valence-electron chi connectivity index (χ3n) is 2.11. The van der Waals surface area contributed by atoms with Gasteiger partial charge in [-0.05, 0) is 42.8 Å². The molecule has 0 aliphatic heterocycles. The first kappa shape index (κ1) is 9.40. The zero-order chi connectivity index (χ0) is 9.80. The summed E-state index contributed by atoms with van der Waals surface area (Å²) in [5, 5.41) is 7.15. The summed E-state index contributed by atoms with van der Waals surface area (Å²) in [5.41, 5.74) is 1.19. The predicted molar refractivity (Wildman–Crippen MR) is 59.8 cm³/mol. The highest BCUT2D eigenvalue weighted by atomic mass is 32.1. The van der Waals surface area contributed by atoms with Crippen LogP contribution in [0.1, 0.15) is 18.4 Å². The summed E-state index contributed by atoms with van der Waals surface area (Å²) in [6, 6.07) is 4.58. The van der Waals surface area contributed by atoms with Crippen molar-refractivity contribution in [2.45, 2.75) is 25.4 Å². The van der Waals surface area contributed by atoms with Gasteiger partial charge in [-0.15, -0.1) is 0 Å².